The standard InChI is InChI=1S/C22H22N2O4/c1-13-11-17-20(22(28)21(13)23-15(3)25)14(2)18(26)9-10-19(27)24(17)12-16-7-5-4-6-8-16/h4-8,11,14H,9-10,12H2,1-3H3. The minimum absolute atomic E-state index is 0.0404. The molecule has 1 unspecified atom stereocenters. The minimum Gasteiger partial charge on any atom is -0.308 e. The molecular weight excluding hydrogens is 356 g/mol. The molecule has 1 aliphatic heterocycles. The summed E-state index contributed by atoms with van der Waals surface area (Å²) >= 11 is 0. The SMILES string of the molecule is CC(=O)N=C1C(=O)C2=C(C=C1C)N(Cc1ccccc1)C(=O)CCC(=O)C2C. The van der Waals surface area contributed by atoms with Crippen LogP contribution in [0.1, 0.15) is 39.2 Å². The number of ketones is 2. The third-order valence-electron chi connectivity index (χ3n) is 5.01. The van der Waals surface area contributed by atoms with Crippen LogP contribution >= 0.6 is 0 Å². The molecule has 0 bridgehead atoms. The van der Waals surface area contributed by atoms with Gasteiger partial charge in [-0.1, -0.05) is 37.3 Å². The molecule has 0 fully saturated rings. The van der Waals surface area contributed by atoms with Crippen molar-refractivity contribution in [2.24, 2.45) is 10.9 Å². The fraction of sp³-hybridized carbons (Fsp3) is 0.318. The first-order valence-corrected chi connectivity index (χ1v) is 9.23. The molecule has 0 spiro atoms. The molecule has 0 saturated heterocycles. The zero-order chi connectivity index (χ0) is 20.4. The maximum Gasteiger partial charge on any atom is 0.243 e. The molecule has 1 aromatic carbocycles. The van der Waals surface area contributed by atoms with E-state index in [2.05, 4.69) is 4.99 Å². The second-order valence-electron chi connectivity index (χ2n) is 7.09. The lowest BCUT2D eigenvalue weighted by molar-refractivity contribution is -0.133. The fourth-order valence-corrected chi connectivity index (χ4v) is 3.53. The van der Waals surface area contributed by atoms with E-state index < -0.39 is 17.6 Å². The third-order valence-corrected chi connectivity index (χ3v) is 5.01. The molecular formula is C22H22N2O4. The number of aliphatic imine (C=N–C) groups is 1. The molecule has 6 nitrogen and oxygen atoms in total. The molecule has 1 atom stereocenters. The van der Waals surface area contributed by atoms with Crippen LogP contribution in [0.4, 0.5) is 0 Å². The lowest BCUT2D eigenvalue weighted by Crippen LogP contribution is -2.40. The highest BCUT2D eigenvalue weighted by atomic mass is 16.2. The number of benzene rings is 1. The molecule has 1 heterocycles. The third kappa shape index (κ3) is 3.76. The average Bonchev–Trinajstić information content (AvgIpc) is 2.66. The first kappa shape index (κ1) is 19.6. The Morgan fingerprint density at radius 1 is 1.14 bits per heavy atom. The fourth-order valence-electron chi connectivity index (χ4n) is 3.53. The Morgan fingerprint density at radius 3 is 2.46 bits per heavy atom. The highest BCUT2D eigenvalue weighted by molar-refractivity contribution is 6.53. The van der Waals surface area contributed by atoms with Crippen LogP contribution in [0.3, 0.4) is 0 Å². The number of allylic oxidation sites excluding steroid dienone is 3. The van der Waals surface area contributed by atoms with Crippen LogP contribution in [0.15, 0.2) is 58.2 Å². The van der Waals surface area contributed by atoms with Crippen molar-refractivity contribution in [3.05, 3.63) is 58.8 Å². The molecule has 0 saturated carbocycles. The molecule has 28 heavy (non-hydrogen) atoms. The molecule has 0 N–H and O–H groups in total. The van der Waals surface area contributed by atoms with E-state index in [0.29, 0.717) is 17.8 Å². The van der Waals surface area contributed by atoms with Gasteiger partial charge >= 0.3 is 0 Å². The molecule has 0 aromatic heterocycles. The van der Waals surface area contributed by atoms with Crippen molar-refractivity contribution in [3.63, 3.8) is 0 Å². The van der Waals surface area contributed by atoms with E-state index in [4.69, 9.17) is 0 Å². The number of carbonyl (C=O) groups is 4. The maximum atomic E-state index is 13.2. The van der Waals surface area contributed by atoms with Crippen molar-refractivity contribution < 1.29 is 19.2 Å². The second-order valence-corrected chi connectivity index (χ2v) is 7.09. The van der Waals surface area contributed by atoms with E-state index in [-0.39, 0.29) is 35.8 Å². The Labute approximate surface area is 163 Å². The van der Waals surface area contributed by atoms with Crippen LogP contribution in [0, 0.1) is 5.92 Å². The zero-order valence-electron chi connectivity index (χ0n) is 16.2. The topological polar surface area (TPSA) is 83.9 Å². The number of nitrogens with zero attached hydrogens (tertiary/aromatic N) is 2. The molecule has 3 rings (SSSR count). The van der Waals surface area contributed by atoms with E-state index in [9.17, 15) is 19.2 Å². The van der Waals surface area contributed by atoms with E-state index in [1.807, 2.05) is 30.3 Å². The monoisotopic (exact) mass is 378 g/mol. The van der Waals surface area contributed by atoms with Crippen LogP contribution < -0.4 is 0 Å². The summed E-state index contributed by atoms with van der Waals surface area (Å²) in [5.74, 6) is -1.99. The predicted molar refractivity (Wildman–Crippen MR) is 104 cm³/mol. The quantitative estimate of drug-likeness (QED) is 0.741. The van der Waals surface area contributed by atoms with Crippen LogP contribution in [-0.2, 0) is 25.7 Å². The molecule has 2 amide bonds. The molecule has 6 heteroatoms. The number of rotatable bonds is 2. The molecule has 144 valence electrons. The summed E-state index contributed by atoms with van der Waals surface area (Å²) in [6.07, 6.45) is 1.87. The summed E-state index contributed by atoms with van der Waals surface area (Å²) in [5, 5.41) is 0. The van der Waals surface area contributed by atoms with Gasteiger partial charge in [0.15, 0.2) is 0 Å². The largest absolute Gasteiger partial charge is 0.308 e. The Hall–Kier alpha value is -3.15. The van der Waals surface area contributed by atoms with Gasteiger partial charge in [-0.25, -0.2) is 4.99 Å². The molecule has 1 aliphatic carbocycles. The van der Waals surface area contributed by atoms with Crippen LogP contribution in [-0.4, -0.2) is 34.0 Å². The Balaban J connectivity index is 2.17. The second kappa shape index (κ2) is 7.84. The minimum atomic E-state index is -0.671. The Bertz CT molecular complexity index is 954. The van der Waals surface area contributed by atoms with Crippen LogP contribution in [0.5, 0.6) is 0 Å². The van der Waals surface area contributed by atoms with Gasteiger partial charge < -0.3 is 4.90 Å². The molecule has 2 aliphatic rings. The summed E-state index contributed by atoms with van der Waals surface area (Å²) in [4.78, 5) is 55.4. The van der Waals surface area contributed by atoms with Gasteiger partial charge in [0.05, 0.1) is 12.2 Å². The van der Waals surface area contributed by atoms with Gasteiger partial charge in [0.2, 0.25) is 17.6 Å². The predicted octanol–water partition coefficient (Wildman–Crippen LogP) is 2.78. The van der Waals surface area contributed by atoms with Gasteiger partial charge in [0, 0.05) is 31.3 Å². The summed E-state index contributed by atoms with van der Waals surface area (Å²) < 4.78 is 0. The van der Waals surface area contributed by atoms with Crippen molar-refractivity contribution in [3.8, 4) is 0 Å². The summed E-state index contributed by atoms with van der Waals surface area (Å²) in [6, 6.07) is 9.48. The number of carbonyl (C=O) groups excluding carboxylic acids is 4. The summed E-state index contributed by atoms with van der Waals surface area (Å²) in [6.45, 7) is 4.93. The van der Waals surface area contributed by atoms with Crippen molar-refractivity contribution in [1.82, 2.24) is 4.90 Å². The summed E-state index contributed by atoms with van der Waals surface area (Å²) in [7, 11) is 0. The van der Waals surface area contributed by atoms with Crippen molar-refractivity contribution >= 4 is 29.1 Å². The van der Waals surface area contributed by atoms with E-state index >= 15 is 0 Å². The first-order chi connectivity index (χ1) is 13.3. The van der Waals surface area contributed by atoms with E-state index in [1.54, 1.807) is 24.8 Å². The maximum absolute atomic E-state index is 13.2. The van der Waals surface area contributed by atoms with Crippen LogP contribution in [0.25, 0.3) is 0 Å². The highest BCUT2D eigenvalue weighted by Gasteiger charge is 2.37. The lowest BCUT2D eigenvalue weighted by Gasteiger charge is -2.33. The van der Waals surface area contributed by atoms with E-state index in [1.165, 1.54) is 6.92 Å². The Kier molecular flexibility index (Phi) is 5.49. The lowest BCUT2D eigenvalue weighted by atomic mass is 9.81. The average molecular weight is 378 g/mol. The number of amides is 2. The number of hydrogen-bond donors (Lipinski definition) is 0. The number of Topliss-reactive ketones (excluding diaryl/α,β-unsaturated/α-hetero) is 2. The van der Waals surface area contributed by atoms with Gasteiger partial charge in [0.25, 0.3) is 0 Å². The zero-order valence-corrected chi connectivity index (χ0v) is 16.2. The van der Waals surface area contributed by atoms with Crippen LogP contribution in [0.2, 0.25) is 0 Å². The molecule has 1 aromatic rings. The van der Waals surface area contributed by atoms with Gasteiger partial charge in [-0.15, -0.1) is 0 Å². The van der Waals surface area contributed by atoms with Crippen molar-refractivity contribution in [2.75, 3.05) is 0 Å². The molecule has 0 radical (unpaired) electrons. The van der Waals surface area contributed by atoms with Crippen molar-refractivity contribution in [1.29, 1.82) is 0 Å². The van der Waals surface area contributed by atoms with Gasteiger partial charge in [-0.05, 0) is 24.1 Å². The number of hydrogen-bond acceptors (Lipinski definition) is 4. The van der Waals surface area contributed by atoms with Crippen molar-refractivity contribution in [2.45, 2.75) is 40.2 Å². The summed E-state index contributed by atoms with van der Waals surface area (Å²) in [5.41, 5.74) is 2.13. The smallest absolute Gasteiger partial charge is 0.243 e. The normalized spacial score (nSPS) is 22.0. The Morgan fingerprint density at radius 2 is 1.82 bits per heavy atom. The highest BCUT2D eigenvalue weighted by Crippen LogP contribution is 2.32. The van der Waals surface area contributed by atoms with Gasteiger partial charge in [0.1, 0.15) is 11.5 Å². The van der Waals surface area contributed by atoms with E-state index in [0.717, 1.165) is 5.56 Å². The van der Waals surface area contributed by atoms with Gasteiger partial charge in [-0.2, -0.15) is 0 Å². The first-order valence-electron chi connectivity index (χ1n) is 9.23. The van der Waals surface area contributed by atoms with Gasteiger partial charge in [-0.3, -0.25) is 19.2 Å².